The highest BCUT2D eigenvalue weighted by atomic mass is 32.1. The van der Waals surface area contributed by atoms with Crippen molar-refractivity contribution in [2.75, 3.05) is 39.8 Å². The fourth-order valence-electron chi connectivity index (χ4n) is 4.27. The zero-order chi connectivity index (χ0) is 18.6. The second-order valence-electron chi connectivity index (χ2n) is 7.62. The van der Waals surface area contributed by atoms with Crippen molar-refractivity contribution in [3.63, 3.8) is 0 Å². The van der Waals surface area contributed by atoms with E-state index in [4.69, 9.17) is 0 Å². The van der Waals surface area contributed by atoms with Crippen molar-refractivity contribution < 1.29 is 9.59 Å². The summed E-state index contributed by atoms with van der Waals surface area (Å²) in [5.41, 5.74) is -0.0404. The van der Waals surface area contributed by atoms with E-state index < -0.39 is 0 Å². The zero-order valence-electron chi connectivity index (χ0n) is 16.1. The molecule has 2 aliphatic rings. The van der Waals surface area contributed by atoms with Crippen molar-refractivity contribution in [3.05, 3.63) is 22.4 Å². The Morgan fingerprint density at radius 2 is 2.12 bits per heavy atom. The van der Waals surface area contributed by atoms with Crippen molar-refractivity contribution in [2.24, 2.45) is 0 Å². The Morgan fingerprint density at radius 3 is 2.85 bits per heavy atom. The van der Waals surface area contributed by atoms with Gasteiger partial charge in [-0.3, -0.25) is 14.5 Å². The standard InChI is InChI=1S/C20H31N3O2S/c1-3-22-12-11-20(10-9-19(22)25)16-23(14-13-21(20)2)18(24)8-4-6-17-7-5-15-26-17/h5,7,15H,3-4,6,8-14,16H2,1-2H3/t20-/m0/s1. The van der Waals surface area contributed by atoms with Gasteiger partial charge in [-0.1, -0.05) is 6.07 Å². The first-order valence-electron chi connectivity index (χ1n) is 9.83. The number of nitrogens with zero attached hydrogens (tertiary/aromatic N) is 3. The number of rotatable bonds is 5. The minimum atomic E-state index is -0.0404. The number of aryl methyl sites for hydroxylation is 1. The molecule has 0 saturated carbocycles. The van der Waals surface area contributed by atoms with E-state index >= 15 is 0 Å². The van der Waals surface area contributed by atoms with Gasteiger partial charge in [-0.15, -0.1) is 11.3 Å². The molecule has 2 saturated heterocycles. The van der Waals surface area contributed by atoms with E-state index in [1.165, 1.54) is 4.88 Å². The maximum Gasteiger partial charge on any atom is 0.222 e. The van der Waals surface area contributed by atoms with Crippen molar-refractivity contribution in [2.45, 2.75) is 51.0 Å². The first-order valence-corrected chi connectivity index (χ1v) is 10.7. The van der Waals surface area contributed by atoms with Gasteiger partial charge in [0, 0.05) is 56.0 Å². The molecule has 2 fully saturated rings. The lowest BCUT2D eigenvalue weighted by atomic mass is 9.86. The lowest BCUT2D eigenvalue weighted by Crippen LogP contribution is -2.62. The van der Waals surface area contributed by atoms with Crippen LogP contribution >= 0.6 is 11.3 Å². The number of amides is 2. The molecule has 5 nitrogen and oxygen atoms in total. The molecule has 0 aliphatic carbocycles. The molecule has 1 aromatic heterocycles. The number of piperazine rings is 1. The number of likely N-dealkylation sites (tertiary alicyclic amines) is 1. The van der Waals surface area contributed by atoms with E-state index in [9.17, 15) is 9.59 Å². The predicted octanol–water partition coefficient (Wildman–Crippen LogP) is 2.62. The van der Waals surface area contributed by atoms with Crippen LogP contribution in [0.15, 0.2) is 17.5 Å². The van der Waals surface area contributed by atoms with Crippen molar-refractivity contribution in [1.82, 2.24) is 14.7 Å². The molecule has 3 heterocycles. The molecule has 0 aromatic carbocycles. The smallest absolute Gasteiger partial charge is 0.222 e. The van der Waals surface area contributed by atoms with Gasteiger partial charge in [0.1, 0.15) is 0 Å². The number of thiophene rings is 1. The van der Waals surface area contributed by atoms with Crippen LogP contribution in [-0.4, -0.2) is 71.8 Å². The molecule has 3 rings (SSSR count). The molecule has 1 aromatic rings. The highest BCUT2D eigenvalue weighted by Crippen LogP contribution is 2.32. The Balaban J connectivity index is 1.58. The van der Waals surface area contributed by atoms with Crippen LogP contribution in [0.25, 0.3) is 0 Å². The van der Waals surface area contributed by atoms with Gasteiger partial charge in [0.05, 0.1) is 0 Å². The summed E-state index contributed by atoms with van der Waals surface area (Å²) in [5.74, 6) is 0.536. The minimum absolute atomic E-state index is 0.0404. The van der Waals surface area contributed by atoms with Crippen LogP contribution in [0.1, 0.15) is 43.9 Å². The van der Waals surface area contributed by atoms with Gasteiger partial charge in [0.25, 0.3) is 0 Å². The molecule has 26 heavy (non-hydrogen) atoms. The Kier molecular flexibility index (Phi) is 6.35. The van der Waals surface area contributed by atoms with Gasteiger partial charge < -0.3 is 9.80 Å². The zero-order valence-corrected chi connectivity index (χ0v) is 16.9. The first-order chi connectivity index (χ1) is 12.5. The summed E-state index contributed by atoms with van der Waals surface area (Å²) in [6.45, 7) is 6.11. The second kappa shape index (κ2) is 8.53. The quantitative estimate of drug-likeness (QED) is 0.792. The number of hydrogen-bond donors (Lipinski definition) is 0. The van der Waals surface area contributed by atoms with Crippen LogP contribution in [-0.2, 0) is 16.0 Å². The lowest BCUT2D eigenvalue weighted by Gasteiger charge is -2.49. The summed E-state index contributed by atoms with van der Waals surface area (Å²) in [5, 5.41) is 2.09. The third kappa shape index (κ3) is 4.29. The predicted molar refractivity (Wildman–Crippen MR) is 105 cm³/mol. The van der Waals surface area contributed by atoms with Crippen molar-refractivity contribution in [1.29, 1.82) is 0 Å². The molecule has 0 bridgehead atoms. The van der Waals surface area contributed by atoms with E-state index in [2.05, 4.69) is 34.4 Å². The van der Waals surface area contributed by atoms with Gasteiger partial charge in [-0.25, -0.2) is 0 Å². The van der Waals surface area contributed by atoms with Crippen LogP contribution in [0.3, 0.4) is 0 Å². The van der Waals surface area contributed by atoms with Crippen LogP contribution in [0.2, 0.25) is 0 Å². The lowest BCUT2D eigenvalue weighted by molar-refractivity contribution is -0.137. The molecule has 0 radical (unpaired) electrons. The fourth-order valence-corrected chi connectivity index (χ4v) is 5.02. The first kappa shape index (κ1) is 19.4. The van der Waals surface area contributed by atoms with Crippen LogP contribution < -0.4 is 0 Å². The number of likely N-dealkylation sites (N-methyl/N-ethyl adjacent to an activating group) is 1. The fraction of sp³-hybridized carbons (Fsp3) is 0.700. The summed E-state index contributed by atoms with van der Waals surface area (Å²) in [6.07, 6.45) is 4.94. The molecular formula is C20H31N3O2S. The summed E-state index contributed by atoms with van der Waals surface area (Å²) in [4.78, 5) is 32.8. The third-order valence-electron chi connectivity index (χ3n) is 6.13. The van der Waals surface area contributed by atoms with Crippen molar-refractivity contribution >= 4 is 23.2 Å². The van der Waals surface area contributed by atoms with Gasteiger partial charge >= 0.3 is 0 Å². The molecule has 144 valence electrons. The summed E-state index contributed by atoms with van der Waals surface area (Å²) < 4.78 is 0. The largest absolute Gasteiger partial charge is 0.343 e. The Hall–Kier alpha value is -1.40. The summed E-state index contributed by atoms with van der Waals surface area (Å²) in [6, 6.07) is 4.21. The summed E-state index contributed by atoms with van der Waals surface area (Å²) >= 11 is 1.76. The van der Waals surface area contributed by atoms with E-state index in [1.807, 2.05) is 11.8 Å². The maximum absolute atomic E-state index is 12.8. The molecule has 0 N–H and O–H groups in total. The van der Waals surface area contributed by atoms with Crippen molar-refractivity contribution in [3.8, 4) is 0 Å². The molecule has 1 spiro atoms. The minimum Gasteiger partial charge on any atom is -0.343 e. The van der Waals surface area contributed by atoms with E-state index in [0.29, 0.717) is 12.8 Å². The number of carbonyl (C=O) groups is 2. The number of carbonyl (C=O) groups excluding carboxylic acids is 2. The molecule has 1 atom stereocenters. The van der Waals surface area contributed by atoms with Gasteiger partial charge in [-0.2, -0.15) is 0 Å². The maximum atomic E-state index is 12.8. The Labute approximate surface area is 161 Å². The van der Waals surface area contributed by atoms with Gasteiger partial charge in [-0.05, 0) is 51.1 Å². The average Bonchev–Trinajstić information content (AvgIpc) is 3.10. The van der Waals surface area contributed by atoms with E-state index in [1.54, 1.807) is 11.3 Å². The normalized spacial score (nSPS) is 24.9. The SMILES string of the molecule is CCN1CC[C@@]2(CCC1=O)CN(C(=O)CCCc1cccs1)CCN2C. The average molecular weight is 378 g/mol. The topological polar surface area (TPSA) is 43.9 Å². The van der Waals surface area contributed by atoms with Gasteiger partial charge in [0.15, 0.2) is 0 Å². The van der Waals surface area contributed by atoms with Crippen LogP contribution in [0.4, 0.5) is 0 Å². The molecule has 2 aliphatic heterocycles. The van der Waals surface area contributed by atoms with Crippen LogP contribution in [0.5, 0.6) is 0 Å². The highest BCUT2D eigenvalue weighted by Gasteiger charge is 2.43. The molecule has 0 unspecified atom stereocenters. The third-order valence-corrected chi connectivity index (χ3v) is 7.07. The molecule has 2 amide bonds. The van der Waals surface area contributed by atoms with Gasteiger partial charge in [0.2, 0.25) is 11.8 Å². The Morgan fingerprint density at radius 1 is 1.27 bits per heavy atom. The summed E-state index contributed by atoms with van der Waals surface area (Å²) in [7, 11) is 2.16. The monoisotopic (exact) mass is 377 g/mol. The molecular weight excluding hydrogens is 346 g/mol. The molecule has 6 heteroatoms. The second-order valence-corrected chi connectivity index (χ2v) is 8.65. The van der Waals surface area contributed by atoms with E-state index in [-0.39, 0.29) is 17.4 Å². The van der Waals surface area contributed by atoms with E-state index in [0.717, 1.165) is 58.4 Å². The van der Waals surface area contributed by atoms with Crippen LogP contribution in [0, 0.1) is 0 Å². The highest BCUT2D eigenvalue weighted by molar-refractivity contribution is 7.09. The number of hydrogen-bond acceptors (Lipinski definition) is 4. The Bertz CT molecular complexity index is 619.